The standard InChI is InChI=1S/C19H26N2O4/c1-13-5-4-6-17(14(13)2)21-18(22)12-25-20-11-15-7-9-16(10-8-15)19(23)24-3/h7-11,13-14,17H,4-6,12H2,1-3H3,(H,21,22)/b20-11-/t13-,14-,17+/m1/s1. The minimum atomic E-state index is -0.386. The van der Waals surface area contributed by atoms with Crippen LogP contribution in [0.25, 0.3) is 0 Å². The number of amides is 1. The zero-order chi connectivity index (χ0) is 18.2. The van der Waals surface area contributed by atoms with Gasteiger partial charge in [0.25, 0.3) is 5.91 Å². The Bertz CT molecular complexity index is 612. The fourth-order valence-corrected chi connectivity index (χ4v) is 3.05. The van der Waals surface area contributed by atoms with Crippen molar-refractivity contribution in [3.63, 3.8) is 0 Å². The number of nitrogens with one attached hydrogen (secondary N) is 1. The van der Waals surface area contributed by atoms with Crippen LogP contribution in [0.5, 0.6) is 0 Å². The van der Waals surface area contributed by atoms with Gasteiger partial charge in [-0.25, -0.2) is 4.79 Å². The van der Waals surface area contributed by atoms with E-state index in [1.54, 1.807) is 24.3 Å². The van der Waals surface area contributed by atoms with Gasteiger partial charge in [-0.05, 0) is 36.0 Å². The molecule has 0 aliphatic heterocycles. The lowest BCUT2D eigenvalue weighted by Crippen LogP contribution is -2.44. The third-order valence-electron chi connectivity index (χ3n) is 4.86. The molecule has 6 nitrogen and oxygen atoms in total. The molecule has 1 aliphatic carbocycles. The second-order valence-corrected chi connectivity index (χ2v) is 6.56. The molecule has 1 amide bonds. The lowest BCUT2D eigenvalue weighted by atomic mass is 9.78. The number of carbonyl (C=O) groups excluding carboxylic acids is 2. The fourth-order valence-electron chi connectivity index (χ4n) is 3.05. The summed E-state index contributed by atoms with van der Waals surface area (Å²) in [4.78, 5) is 28.4. The monoisotopic (exact) mass is 346 g/mol. The predicted octanol–water partition coefficient (Wildman–Crippen LogP) is 2.76. The summed E-state index contributed by atoms with van der Waals surface area (Å²) in [6.45, 7) is 4.31. The Balaban J connectivity index is 1.75. The first kappa shape index (κ1) is 19.0. The van der Waals surface area contributed by atoms with Gasteiger partial charge in [0.15, 0.2) is 6.61 Å². The predicted molar refractivity (Wildman–Crippen MR) is 95.4 cm³/mol. The molecular formula is C19H26N2O4. The Morgan fingerprint density at radius 1 is 1.24 bits per heavy atom. The largest absolute Gasteiger partial charge is 0.465 e. The molecule has 0 radical (unpaired) electrons. The van der Waals surface area contributed by atoms with Crippen LogP contribution in [-0.4, -0.2) is 37.8 Å². The lowest BCUT2D eigenvalue weighted by molar-refractivity contribution is -0.127. The number of esters is 1. The molecule has 0 saturated heterocycles. The number of hydrogen-bond acceptors (Lipinski definition) is 5. The Morgan fingerprint density at radius 2 is 1.96 bits per heavy atom. The van der Waals surface area contributed by atoms with Gasteiger partial charge >= 0.3 is 5.97 Å². The Labute approximate surface area is 148 Å². The lowest BCUT2D eigenvalue weighted by Gasteiger charge is -2.34. The smallest absolute Gasteiger partial charge is 0.337 e. The van der Waals surface area contributed by atoms with Crippen LogP contribution in [0.1, 0.15) is 49.0 Å². The van der Waals surface area contributed by atoms with E-state index in [-0.39, 0.29) is 24.5 Å². The average Bonchev–Trinajstić information content (AvgIpc) is 2.62. The minimum Gasteiger partial charge on any atom is -0.465 e. The van der Waals surface area contributed by atoms with Crippen molar-refractivity contribution < 1.29 is 19.2 Å². The van der Waals surface area contributed by atoms with Gasteiger partial charge in [0.1, 0.15) is 0 Å². The zero-order valence-corrected chi connectivity index (χ0v) is 15.0. The van der Waals surface area contributed by atoms with Crippen molar-refractivity contribution in [2.45, 2.75) is 39.2 Å². The van der Waals surface area contributed by atoms with Crippen molar-refractivity contribution in [3.8, 4) is 0 Å². The van der Waals surface area contributed by atoms with Crippen LogP contribution in [0.4, 0.5) is 0 Å². The van der Waals surface area contributed by atoms with Gasteiger partial charge in [0.05, 0.1) is 18.9 Å². The summed E-state index contributed by atoms with van der Waals surface area (Å²) < 4.78 is 4.64. The third-order valence-corrected chi connectivity index (χ3v) is 4.86. The van der Waals surface area contributed by atoms with Crippen LogP contribution >= 0.6 is 0 Å². The summed E-state index contributed by atoms with van der Waals surface area (Å²) in [7, 11) is 1.34. The topological polar surface area (TPSA) is 77.0 Å². The number of carbonyl (C=O) groups is 2. The first-order valence-corrected chi connectivity index (χ1v) is 8.64. The van der Waals surface area contributed by atoms with Crippen LogP contribution < -0.4 is 5.32 Å². The third kappa shape index (κ3) is 5.59. The van der Waals surface area contributed by atoms with E-state index in [0.29, 0.717) is 17.4 Å². The van der Waals surface area contributed by atoms with Crippen LogP contribution in [0, 0.1) is 11.8 Å². The van der Waals surface area contributed by atoms with Crippen molar-refractivity contribution in [2.24, 2.45) is 17.0 Å². The van der Waals surface area contributed by atoms with Crippen LogP contribution in [-0.2, 0) is 14.4 Å². The first-order chi connectivity index (χ1) is 12.0. The highest BCUT2D eigenvalue weighted by atomic mass is 16.6. The summed E-state index contributed by atoms with van der Waals surface area (Å²) in [5.74, 6) is 0.576. The van der Waals surface area contributed by atoms with E-state index in [1.807, 2.05) is 0 Å². The Morgan fingerprint density at radius 3 is 2.64 bits per heavy atom. The van der Waals surface area contributed by atoms with Gasteiger partial charge in [-0.15, -0.1) is 0 Å². The van der Waals surface area contributed by atoms with Crippen molar-refractivity contribution in [3.05, 3.63) is 35.4 Å². The highest BCUT2D eigenvalue weighted by Crippen LogP contribution is 2.29. The summed E-state index contributed by atoms with van der Waals surface area (Å²) in [6, 6.07) is 6.96. The van der Waals surface area contributed by atoms with Gasteiger partial charge < -0.3 is 14.9 Å². The molecule has 1 fully saturated rings. The van der Waals surface area contributed by atoms with Crippen molar-refractivity contribution in [1.82, 2.24) is 5.32 Å². The molecule has 0 aromatic heterocycles. The molecule has 0 bridgehead atoms. The SMILES string of the molecule is COC(=O)c1ccc(/C=N\OCC(=O)N[C@H]2CCC[C@@H](C)[C@H]2C)cc1. The maximum Gasteiger partial charge on any atom is 0.337 e. The highest BCUT2D eigenvalue weighted by Gasteiger charge is 2.28. The van der Waals surface area contributed by atoms with Crippen LogP contribution in [0.15, 0.2) is 29.4 Å². The number of rotatable bonds is 6. The molecule has 136 valence electrons. The van der Waals surface area contributed by atoms with E-state index in [2.05, 4.69) is 29.1 Å². The quantitative estimate of drug-likeness (QED) is 0.488. The van der Waals surface area contributed by atoms with Gasteiger partial charge in [-0.1, -0.05) is 44.0 Å². The molecule has 1 aliphatic rings. The fraction of sp³-hybridized carbons (Fsp3) is 0.526. The zero-order valence-electron chi connectivity index (χ0n) is 15.0. The maximum absolute atomic E-state index is 12.0. The number of benzene rings is 1. The summed E-state index contributed by atoms with van der Waals surface area (Å²) in [6.07, 6.45) is 4.90. The molecule has 1 aromatic carbocycles. The summed E-state index contributed by atoms with van der Waals surface area (Å²) in [5.41, 5.74) is 1.23. The number of hydrogen-bond donors (Lipinski definition) is 1. The van der Waals surface area contributed by atoms with Crippen molar-refractivity contribution >= 4 is 18.1 Å². The van der Waals surface area contributed by atoms with Gasteiger partial charge in [0, 0.05) is 6.04 Å². The molecule has 1 saturated carbocycles. The van der Waals surface area contributed by atoms with Gasteiger partial charge in [0.2, 0.25) is 0 Å². The van der Waals surface area contributed by atoms with E-state index in [9.17, 15) is 9.59 Å². The van der Waals surface area contributed by atoms with Gasteiger partial charge in [-0.3, -0.25) is 4.79 Å². The molecule has 0 spiro atoms. The molecule has 6 heteroatoms. The average molecular weight is 346 g/mol. The number of ether oxygens (including phenoxy) is 1. The molecule has 25 heavy (non-hydrogen) atoms. The van der Waals surface area contributed by atoms with E-state index < -0.39 is 0 Å². The molecular weight excluding hydrogens is 320 g/mol. The summed E-state index contributed by atoms with van der Waals surface area (Å²) in [5, 5.41) is 6.84. The molecule has 0 heterocycles. The van der Waals surface area contributed by atoms with E-state index in [1.165, 1.54) is 19.7 Å². The number of oxime groups is 1. The maximum atomic E-state index is 12.0. The second-order valence-electron chi connectivity index (χ2n) is 6.56. The molecule has 0 unspecified atom stereocenters. The Hall–Kier alpha value is -2.37. The summed E-state index contributed by atoms with van der Waals surface area (Å²) >= 11 is 0. The molecule has 1 N–H and O–H groups in total. The van der Waals surface area contributed by atoms with Crippen molar-refractivity contribution in [1.29, 1.82) is 0 Å². The molecule has 3 atom stereocenters. The minimum absolute atomic E-state index is 0.103. The van der Waals surface area contributed by atoms with E-state index >= 15 is 0 Å². The van der Waals surface area contributed by atoms with Crippen molar-refractivity contribution in [2.75, 3.05) is 13.7 Å². The molecule has 2 rings (SSSR count). The van der Waals surface area contributed by atoms with Gasteiger partial charge in [-0.2, -0.15) is 0 Å². The molecule has 1 aromatic rings. The number of methoxy groups -OCH3 is 1. The number of nitrogens with zero attached hydrogens (tertiary/aromatic N) is 1. The highest BCUT2D eigenvalue weighted by molar-refractivity contribution is 5.90. The van der Waals surface area contributed by atoms with Crippen LogP contribution in [0.2, 0.25) is 0 Å². The second kappa shape index (κ2) is 9.20. The van der Waals surface area contributed by atoms with E-state index in [4.69, 9.17) is 4.84 Å². The Kier molecular flexibility index (Phi) is 6.98. The normalized spacial score (nSPS) is 23.2. The first-order valence-electron chi connectivity index (χ1n) is 8.64. The van der Waals surface area contributed by atoms with Crippen LogP contribution in [0.3, 0.4) is 0 Å². The van der Waals surface area contributed by atoms with E-state index in [0.717, 1.165) is 18.4 Å².